The van der Waals surface area contributed by atoms with Crippen LogP contribution in [0.25, 0.3) is 0 Å². The second-order valence-corrected chi connectivity index (χ2v) is 4.06. The Morgan fingerprint density at radius 1 is 1.38 bits per heavy atom. The first-order chi connectivity index (χ1) is 10.0. The predicted molar refractivity (Wildman–Crippen MR) is 73.0 cm³/mol. The molecule has 1 unspecified atom stereocenters. The number of aliphatic hydroxyl groups excluding tert-OH is 1. The van der Waals surface area contributed by atoms with Crippen LogP contribution in [0, 0.1) is 10.1 Å². The van der Waals surface area contributed by atoms with Crippen LogP contribution < -0.4 is 9.47 Å². The molecule has 1 rings (SSSR count). The Hall–Kier alpha value is -2.19. The number of aliphatic hydroxyl groups is 1. The van der Waals surface area contributed by atoms with Crippen LogP contribution in [0.5, 0.6) is 11.5 Å². The van der Waals surface area contributed by atoms with E-state index in [2.05, 4.69) is 0 Å². The molecule has 0 aliphatic rings. The van der Waals surface area contributed by atoms with Gasteiger partial charge in [-0.2, -0.15) is 0 Å². The topological polar surface area (TPSA) is 108 Å². The highest BCUT2D eigenvalue weighted by molar-refractivity contribution is 5.83. The van der Waals surface area contributed by atoms with Crippen molar-refractivity contribution in [2.45, 2.75) is 13.0 Å². The number of methoxy groups -OCH3 is 1. The average molecular weight is 299 g/mol. The normalized spacial score (nSPS) is 11.8. The molecule has 1 N–H and O–H groups in total. The molecule has 1 atom stereocenters. The lowest BCUT2D eigenvalue weighted by molar-refractivity contribution is -0.385. The molecule has 0 radical (unpaired) electrons. The third-order valence-electron chi connectivity index (χ3n) is 2.58. The van der Waals surface area contributed by atoms with Crippen molar-refractivity contribution in [2.24, 2.45) is 0 Å². The van der Waals surface area contributed by atoms with Gasteiger partial charge in [-0.25, -0.2) is 0 Å². The van der Waals surface area contributed by atoms with Gasteiger partial charge in [0.05, 0.1) is 30.3 Å². The second-order valence-electron chi connectivity index (χ2n) is 4.06. The summed E-state index contributed by atoms with van der Waals surface area (Å²) in [5.41, 5.74) is -0.501. The van der Waals surface area contributed by atoms with Gasteiger partial charge in [-0.05, 0) is 6.92 Å². The molecule has 8 heteroatoms. The van der Waals surface area contributed by atoms with Gasteiger partial charge in [0.2, 0.25) is 0 Å². The molecule has 0 fully saturated rings. The highest BCUT2D eigenvalue weighted by Gasteiger charge is 2.20. The number of nitrogens with zero attached hydrogens (tertiary/aromatic N) is 1. The summed E-state index contributed by atoms with van der Waals surface area (Å²) in [7, 11) is 1.35. The smallest absolute Gasteiger partial charge is 0.283 e. The van der Waals surface area contributed by atoms with Gasteiger partial charge in [-0.3, -0.25) is 14.9 Å². The van der Waals surface area contributed by atoms with E-state index in [0.717, 1.165) is 6.07 Å². The first-order valence-electron chi connectivity index (χ1n) is 6.23. The van der Waals surface area contributed by atoms with E-state index in [1.807, 2.05) is 0 Å². The van der Waals surface area contributed by atoms with E-state index in [4.69, 9.17) is 14.2 Å². The first kappa shape index (κ1) is 16.9. The molecule has 0 aliphatic carbocycles. The number of rotatable bonds is 9. The summed E-state index contributed by atoms with van der Waals surface area (Å²) >= 11 is 0. The number of carbonyl (C=O) groups is 1. The Morgan fingerprint density at radius 3 is 2.62 bits per heavy atom. The van der Waals surface area contributed by atoms with Crippen LogP contribution in [0.2, 0.25) is 0 Å². The lowest BCUT2D eigenvalue weighted by atomic mass is 10.1. The van der Waals surface area contributed by atoms with Crippen molar-refractivity contribution in [2.75, 3.05) is 26.9 Å². The number of benzene rings is 1. The van der Waals surface area contributed by atoms with Crippen LogP contribution in [0.3, 0.4) is 0 Å². The summed E-state index contributed by atoms with van der Waals surface area (Å²) in [5.74, 6) is 0.247. The van der Waals surface area contributed by atoms with Crippen LogP contribution in [-0.2, 0) is 4.74 Å². The van der Waals surface area contributed by atoms with Gasteiger partial charge >= 0.3 is 0 Å². The van der Waals surface area contributed by atoms with Crippen LogP contribution >= 0.6 is 0 Å². The fraction of sp³-hybridized carbons (Fsp3) is 0.462. The Balaban J connectivity index is 2.92. The average Bonchev–Trinajstić information content (AvgIpc) is 2.49. The van der Waals surface area contributed by atoms with E-state index in [1.54, 1.807) is 6.92 Å². The van der Waals surface area contributed by atoms with Crippen molar-refractivity contribution in [3.05, 3.63) is 27.8 Å². The Labute approximate surface area is 121 Å². The fourth-order valence-electron chi connectivity index (χ4n) is 1.58. The van der Waals surface area contributed by atoms with Crippen molar-refractivity contribution >= 4 is 12.0 Å². The monoisotopic (exact) mass is 299 g/mol. The molecular weight excluding hydrogens is 282 g/mol. The molecule has 0 aromatic heterocycles. The maximum Gasteiger partial charge on any atom is 0.283 e. The van der Waals surface area contributed by atoms with Gasteiger partial charge in [-0.1, -0.05) is 0 Å². The number of hydrogen-bond donors (Lipinski definition) is 1. The molecular formula is C13H17NO7. The van der Waals surface area contributed by atoms with Crippen LogP contribution in [-0.4, -0.2) is 49.4 Å². The lowest BCUT2D eigenvalue weighted by Gasteiger charge is -2.14. The number of aldehydes is 1. The molecule has 0 heterocycles. The standard InChI is InChI=1S/C13H17NO7/c1-3-20-7-10(16)8-21-13-5-11(14(17)18)9(6-15)4-12(13)19-2/h4-6,10,16H,3,7-8H2,1-2H3. The summed E-state index contributed by atoms with van der Waals surface area (Å²) in [5, 5.41) is 20.5. The number of ether oxygens (including phenoxy) is 3. The van der Waals surface area contributed by atoms with Crippen molar-refractivity contribution in [3.8, 4) is 11.5 Å². The molecule has 116 valence electrons. The Kier molecular flexibility index (Phi) is 6.57. The van der Waals surface area contributed by atoms with Gasteiger partial charge in [0.15, 0.2) is 17.8 Å². The fourth-order valence-corrected chi connectivity index (χ4v) is 1.58. The maximum absolute atomic E-state index is 10.9. The first-order valence-corrected chi connectivity index (χ1v) is 6.23. The molecule has 1 aromatic rings. The summed E-state index contributed by atoms with van der Waals surface area (Å²) in [6.45, 7) is 2.22. The predicted octanol–water partition coefficient (Wildman–Crippen LogP) is 1.19. The van der Waals surface area contributed by atoms with Gasteiger partial charge in [-0.15, -0.1) is 0 Å². The quantitative estimate of drug-likeness (QED) is 0.414. The summed E-state index contributed by atoms with van der Waals surface area (Å²) in [6, 6.07) is 2.31. The van der Waals surface area contributed by atoms with Gasteiger partial charge < -0.3 is 19.3 Å². The molecule has 0 saturated heterocycles. The molecule has 1 aromatic carbocycles. The third-order valence-corrected chi connectivity index (χ3v) is 2.58. The molecule has 0 saturated carbocycles. The number of carbonyl (C=O) groups excluding carboxylic acids is 1. The van der Waals surface area contributed by atoms with Gasteiger partial charge in [0.25, 0.3) is 5.69 Å². The van der Waals surface area contributed by atoms with Crippen molar-refractivity contribution in [1.29, 1.82) is 0 Å². The molecule has 0 amide bonds. The highest BCUT2D eigenvalue weighted by atomic mass is 16.6. The second kappa shape index (κ2) is 8.18. The molecule has 0 spiro atoms. The zero-order chi connectivity index (χ0) is 15.8. The minimum Gasteiger partial charge on any atom is -0.493 e. The molecule has 0 aliphatic heterocycles. The Bertz CT molecular complexity index is 504. The van der Waals surface area contributed by atoms with E-state index in [0.29, 0.717) is 12.9 Å². The third kappa shape index (κ3) is 4.69. The zero-order valence-corrected chi connectivity index (χ0v) is 11.8. The van der Waals surface area contributed by atoms with Gasteiger partial charge in [0.1, 0.15) is 12.7 Å². The van der Waals surface area contributed by atoms with Crippen LogP contribution in [0.15, 0.2) is 12.1 Å². The minimum atomic E-state index is -0.876. The van der Waals surface area contributed by atoms with E-state index < -0.39 is 11.0 Å². The van der Waals surface area contributed by atoms with E-state index in [1.165, 1.54) is 13.2 Å². The zero-order valence-electron chi connectivity index (χ0n) is 11.8. The number of hydrogen-bond acceptors (Lipinski definition) is 7. The van der Waals surface area contributed by atoms with E-state index in [-0.39, 0.29) is 36.0 Å². The van der Waals surface area contributed by atoms with Crippen LogP contribution in [0.4, 0.5) is 5.69 Å². The molecule has 21 heavy (non-hydrogen) atoms. The number of nitro groups is 1. The molecule has 0 bridgehead atoms. The van der Waals surface area contributed by atoms with Crippen molar-refractivity contribution in [1.82, 2.24) is 0 Å². The molecule has 8 nitrogen and oxygen atoms in total. The number of nitro benzene ring substituents is 1. The minimum absolute atomic E-state index is 0.0744. The van der Waals surface area contributed by atoms with Crippen LogP contribution in [0.1, 0.15) is 17.3 Å². The van der Waals surface area contributed by atoms with E-state index in [9.17, 15) is 20.0 Å². The SMILES string of the molecule is CCOCC(O)COc1cc([N+](=O)[O-])c(C=O)cc1OC. The lowest BCUT2D eigenvalue weighted by Crippen LogP contribution is -2.23. The summed E-state index contributed by atoms with van der Waals surface area (Å²) in [6.07, 6.45) is -0.506. The van der Waals surface area contributed by atoms with Crippen molar-refractivity contribution in [3.63, 3.8) is 0 Å². The summed E-state index contributed by atoms with van der Waals surface area (Å²) in [4.78, 5) is 21.0. The van der Waals surface area contributed by atoms with Gasteiger partial charge in [0, 0.05) is 12.7 Å². The largest absolute Gasteiger partial charge is 0.493 e. The Morgan fingerprint density at radius 2 is 2.10 bits per heavy atom. The maximum atomic E-state index is 10.9. The highest BCUT2D eigenvalue weighted by Crippen LogP contribution is 2.34. The summed E-state index contributed by atoms with van der Waals surface area (Å²) < 4.78 is 15.3. The van der Waals surface area contributed by atoms with Crippen molar-refractivity contribution < 1.29 is 29.0 Å². The van der Waals surface area contributed by atoms with E-state index >= 15 is 0 Å².